The van der Waals surface area contributed by atoms with E-state index in [1.54, 1.807) is 11.8 Å². The zero-order valence-electron chi connectivity index (χ0n) is 18.7. The lowest BCUT2D eigenvalue weighted by molar-refractivity contribution is 0.228. The molecule has 0 bridgehead atoms. The van der Waals surface area contributed by atoms with Gasteiger partial charge in [0.25, 0.3) is 0 Å². The summed E-state index contributed by atoms with van der Waals surface area (Å²) >= 11 is 0. The van der Waals surface area contributed by atoms with E-state index in [1.165, 1.54) is 5.56 Å². The second-order valence-corrected chi connectivity index (χ2v) is 7.43. The van der Waals surface area contributed by atoms with Crippen LogP contribution in [0.1, 0.15) is 36.2 Å². The number of nitrogens with two attached hydrogens (primary N) is 1. The number of benzene rings is 2. The van der Waals surface area contributed by atoms with Gasteiger partial charge in [-0.2, -0.15) is 10.4 Å². The van der Waals surface area contributed by atoms with Crippen molar-refractivity contribution in [3.05, 3.63) is 70.4 Å². The van der Waals surface area contributed by atoms with Crippen molar-refractivity contribution < 1.29 is 14.2 Å². The molecule has 4 rings (SSSR count). The second-order valence-electron chi connectivity index (χ2n) is 7.43. The summed E-state index contributed by atoms with van der Waals surface area (Å²) in [4.78, 5) is 0. The van der Waals surface area contributed by atoms with Crippen LogP contribution in [-0.4, -0.2) is 29.7 Å². The molecule has 0 radical (unpaired) electrons. The molecule has 0 fully saturated rings. The van der Waals surface area contributed by atoms with Crippen molar-refractivity contribution >= 4 is 5.57 Å². The van der Waals surface area contributed by atoms with Crippen LogP contribution in [0.4, 0.5) is 0 Å². The van der Waals surface area contributed by atoms with Gasteiger partial charge in [-0.25, -0.2) is 4.68 Å². The van der Waals surface area contributed by atoms with Gasteiger partial charge in [-0.3, -0.25) is 5.73 Å². The van der Waals surface area contributed by atoms with E-state index in [4.69, 9.17) is 25.0 Å². The third-order valence-electron chi connectivity index (χ3n) is 5.52. The van der Waals surface area contributed by atoms with Crippen molar-refractivity contribution in [1.82, 2.24) is 9.78 Å². The summed E-state index contributed by atoms with van der Waals surface area (Å²) in [6, 6.07) is 16.0. The van der Waals surface area contributed by atoms with E-state index < -0.39 is 6.23 Å². The summed E-state index contributed by atoms with van der Waals surface area (Å²) in [6.45, 7) is 6.41. The highest BCUT2D eigenvalue weighted by Gasteiger charge is 2.33. The van der Waals surface area contributed by atoms with Crippen LogP contribution in [-0.2, 0) is 6.42 Å². The lowest BCUT2D eigenvalue weighted by atomic mass is 9.91. The molecule has 0 saturated carbocycles. The van der Waals surface area contributed by atoms with Crippen LogP contribution in [0, 0.1) is 18.3 Å². The molecule has 1 atom stereocenters. The maximum atomic E-state index is 9.91. The molecule has 0 amide bonds. The monoisotopic (exact) mass is 430 g/mol. The number of hydrogen-bond donors (Lipinski definition) is 1. The van der Waals surface area contributed by atoms with Crippen LogP contribution >= 0.6 is 0 Å². The molecule has 164 valence electrons. The van der Waals surface area contributed by atoms with Crippen molar-refractivity contribution in [2.24, 2.45) is 5.73 Å². The lowest BCUT2D eigenvalue weighted by Crippen LogP contribution is -2.33. The minimum Gasteiger partial charge on any atom is -0.493 e. The Hall–Kier alpha value is -3.76. The van der Waals surface area contributed by atoms with Crippen LogP contribution in [0.15, 0.2) is 48.0 Å². The molecule has 7 nitrogen and oxygen atoms in total. The van der Waals surface area contributed by atoms with Gasteiger partial charge < -0.3 is 14.2 Å². The van der Waals surface area contributed by atoms with E-state index in [0.29, 0.717) is 35.1 Å². The quantitative estimate of drug-likeness (QED) is 0.631. The molecule has 2 heterocycles. The Kier molecular flexibility index (Phi) is 5.89. The molecule has 1 aromatic heterocycles. The van der Waals surface area contributed by atoms with Gasteiger partial charge in [0.05, 0.1) is 36.2 Å². The molecular weight excluding hydrogens is 404 g/mol. The first-order valence-electron chi connectivity index (χ1n) is 10.6. The zero-order chi connectivity index (χ0) is 22.8. The van der Waals surface area contributed by atoms with E-state index in [1.807, 2.05) is 44.2 Å². The molecule has 0 aliphatic carbocycles. The highest BCUT2D eigenvalue weighted by Crippen LogP contribution is 2.43. The van der Waals surface area contributed by atoms with Crippen molar-refractivity contribution in [3.8, 4) is 29.1 Å². The van der Waals surface area contributed by atoms with Crippen LogP contribution < -0.4 is 19.9 Å². The number of ether oxygens (including phenoxy) is 3. The molecular formula is C25H26N4O3. The highest BCUT2D eigenvalue weighted by molar-refractivity contribution is 5.90. The van der Waals surface area contributed by atoms with Gasteiger partial charge in [0.2, 0.25) is 5.88 Å². The van der Waals surface area contributed by atoms with Crippen molar-refractivity contribution in [2.75, 3.05) is 13.7 Å². The molecule has 32 heavy (non-hydrogen) atoms. The number of nitrogens with zero attached hydrogens (tertiary/aromatic N) is 3. The minimum atomic E-state index is -0.912. The summed E-state index contributed by atoms with van der Waals surface area (Å²) in [7, 11) is 1.60. The molecule has 3 aromatic rings. The predicted molar refractivity (Wildman–Crippen MR) is 122 cm³/mol. The van der Waals surface area contributed by atoms with Gasteiger partial charge in [0, 0.05) is 5.57 Å². The number of rotatable bonds is 6. The second kappa shape index (κ2) is 8.77. The Morgan fingerprint density at radius 1 is 1.16 bits per heavy atom. The van der Waals surface area contributed by atoms with Crippen molar-refractivity contribution in [3.63, 3.8) is 0 Å². The molecule has 2 aromatic carbocycles. The molecule has 7 heteroatoms. The molecule has 1 aliphatic rings. The van der Waals surface area contributed by atoms with Crippen molar-refractivity contribution in [1.29, 1.82) is 5.26 Å². The molecule has 2 N–H and O–H groups in total. The van der Waals surface area contributed by atoms with Gasteiger partial charge in [-0.1, -0.05) is 25.1 Å². The average molecular weight is 431 g/mol. The van der Waals surface area contributed by atoms with Crippen molar-refractivity contribution in [2.45, 2.75) is 33.4 Å². The van der Waals surface area contributed by atoms with Crippen LogP contribution in [0.5, 0.6) is 17.4 Å². The number of aromatic nitrogens is 2. The maximum absolute atomic E-state index is 9.91. The fraction of sp³-hybridized carbons (Fsp3) is 0.280. The van der Waals surface area contributed by atoms with E-state index >= 15 is 0 Å². The topological polar surface area (TPSA) is 95.3 Å². The van der Waals surface area contributed by atoms with Gasteiger partial charge in [0.15, 0.2) is 17.7 Å². The number of aryl methyl sites for hydroxylation is 2. The Morgan fingerprint density at radius 3 is 2.53 bits per heavy atom. The molecule has 1 aliphatic heterocycles. The van der Waals surface area contributed by atoms with E-state index in [-0.39, 0.29) is 0 Å². The lowest BCUT2D eigenvalue weighted by Gasteiger charge is -2.25. The van der Waals surface area contributed by atoms with E-state index in [0.717, 1.165) is 28.9 Å². The number of methoxy groups -OCH3 is 1. The molecule has 0 saturated heterocycles. The SMILES string of the molecule is CCOc1cc(C2=C(C#N)C(N)Oc3c2c(C)nn3-c2ccc(CC)cc2)ccc1OC. The first-order chi connectivity index (χ1) is 15.5. The normalized spacial score (nSPS) is 15.1. The summed E-state index contributed by atoms with van der Waals surface area (Å²) in [6.07, 6.45) is 0.0422. The summed E-state index contributed by atoms with van der Waals surface area (Å²) in [5, 5.41) is 14.6. The van der Waals surface area contributed by atoms with Crippen LogP contribution in [0.2, 0.25) is 0 Å². The number of fused-ring (bicyclic) bond motifs is 1. The Labute approximate surface area is 187 Å². The predicted octanol–water partition coefficient (Wildman–Crippen LogP) is 4.15. The first kappa shape index (κ1) is 21.5. The Morgan fingerprint density at radius 2 is 1.91 bits per heavy atom. The molecule has 0 spiro atoms. The van der Waals surface area contributed by atoms with Gasteiger partial charge >= 0.3 is 0 Å². The first-order valence-corrected chi connectivity index (χ1v) is 10.6. The van der Waals surface area contributed by atoms with Gasteiger partial charge in [0.1, 0.15) is 6.07 Å². The number of hydrogen-bond acceptors (Lipinski definition) is 6. The van der Waals surface area contributed by atoms with Gasteiger partial charge in [-0.15, -0.1) is 0 Å². The Balaban J connectivity index is 1.92. The van der Waals surface area contributed by atoms with Crippen LogP contribution in [0.3, 0.4) is 0 Å². The van der Waals surface area contributed by atoms with Crippen LogP contribution in [0.25, 0.3) is 11.3 Å². The Bertz CT molecular complexity index is 1220. The maximum Gasteiger partial charge on any atom is 0.226 e. The largest absolute Gasteiger partial charge is 0.493 e. The fourth-order valence-electron chi connectivity index (χ4n) is 3.93. The smallest absolute Gasteiger partial charge is 0.226 e. The third kappa shape index (κ3) is 3.59. The van der Waals surface area contributed by atoms with E-state index in [9.17, 15) is 5.26 Å². The average Bonchev–Trinajstić information content (AvgIpc) is 3.14. The minimum absolute atomic E-state index is 0.342. The number of nitriles is 1. The highest BCUT2D eigenvalue weighted by atomic mass is 16.5. The summed E-state index contributed by atoms with van der Waals surface area (Å²) in [5.41, 5.74) is 11.7. The van der Waals surface area contributed by atoms with Gasteiger partial charge in [-0.05, 0) is 55.7 Å². The summed E-state index contributed by atoms with van der Waals surface area (Å²) < 4.78 is 18.9. The third-order valence-corrected chi connectivity index (χ3v) is 5.52. The standard InChI is InChI=1S/C25H26N4O3/c1-5-16-7-10-18(11-8-16)29-25-22(15(3)28-29)23(19(14-26)24(27)32-25)17-9-12-20(30-4)21(13-17)31-6-2/h7-13,24H,5-6,27H2,1-4H3. The molecule has 1 unspecified atom stereocenters. The fourth-order valence-corrected chi connectivity index (χ4v) is 3.93. The summed E-state index contributed by atoms with van der Waals surface area (Å²) in [5.74, 6) is 1.73. The van der Waals surface area contributed by atoms with E-state index in [2.05, 4.69) is 25.1 Å². The zero-order valence-corrected chi connectivity index (χ0v) is 18.7.